The van der Waals surface area contributed by atoms with Gasteiger partial charge in [0.2, 0.25) is 0 Å². The Morgan fingerprint density at radius 2 is 2.04 bits per heavy atom. The first-order valence-corrected chi connectivity index (χ1v) is 8.69. The average molecular weight is 335 g/mol. The van der Waals surface area contributed by atoms with Gasteiger partial charge in [0.1, 0.15) is 11.3 Å². The Kier molecular flexibility index (Phi) is 5.33. The van der Waals surface area contributed by atoms with Crippen LogP contribution in [0.1, 0.15) is 39.2 Å². The van der Waals surface area contributed by atoms with Crippen molar-refractivity contribution in [1.82, 2.24) is 0 Å². The maximum atomic E-state index is 12.2. The second-order valence-electron chi connectivity index (χ2n) is 4.98. The van der Waals surface area contributed by atoms with Crippen LogP contribution in [0.4, 0.5) is 5.69 Å². The molecule has 2 N–H and O–H groups in total. The van der Waals surface area contributed by atoms with Crippen molar-refractivity contribution < 1.29 is 23.3 Å². The highest BCUT2D eigenvalue weighted by Crippen LogP contribution is 2.19. The van der Waals surface area contributed by atoms with Crippen molar-refractivity contribution in [3.05, 3.63) is 53.0 Å². The molecule has 0 saturated carbocycles. The third-order valence-corrected chi connectivity index (χ3v) is 3.88. The first-order chi connectivity index (χ1) is 10.9. The zero-order valence-corrected chi connectivity index (χ0v) is 13.6. The third kappa shape index (κ3) is 4.29. The summed E-state index contributed by atoms with van der Waals surface area (Å²) in [5.41, 5.74) is 1.36. The third-order valence-electron chi connectivity index (χ3n) is 3.14. The van der Waals surface area contributed by atoms with Gasteiger partial charge >= 0.3 is 5.97 Å². The van der Waals surface area contributed by atoms with Crippen LogP contribution in [-0.4, -0.2) is 27.4 Å². The second-order valence-corrected chi connectivity index (χ2v) is 6.41. The van der Waals surface area contributed by atoms with E-state index in [0.717, 1.165) is 5.56 Å². The molecule has 1 atom stereocenters. The first-order valence-electron chi connectivity index (χ1n) is 6.97. The van der Waals surface area contributed by atoms with Gasteiger partial charge in [0.25, 0.3) is 5.91 Å². The Balaban J connectivity index is 2.19. The number of amides is 1. The number of furan rings is 1. The van der Waals surface area contributed by atoms with Crippen LogP contribution in [0, 0.1) is 0 Å². The van der Waals surface area contributed by atoms with E-state index < -0.39 is 22.7 Å². The Bertz CT molecular complexity index is 766. The predicted molar refractivity (Wildman–Crippen MR) is 87.2 cm³/mol. The molecule has 0 saturated heterocycles. The van der Waals surface area contributed by atoms with E-state index in [9.17, 15) is 13.8 Å². The molecule has 0 bridgehead atoms. The molecule has 7 heteroatoms. The van der Waals surface area contributed by atoms with E-state index in [1.54, 1.807) is 31.4 Å². The van der Waals surface area contributed by atoms with Crippen LogP contribution in [0.3, 0.4) is 0 Å². The molecule has 0 aliphatic rings. The molecule has 1 aromatic carbocycles. The van der Waals surface area contributed by atoms with Gasteiger partial charge in [-0.15, -0.1) is 0 Å². The fourth-order valence-corrected chi connectivity index (χ4v) is 2.80. The summed E-state index contributed by atoms with van der Waals surface area (Å²) < 4.78 is 16.6. The fourth-order valence-electron chi connectivity index (χ4n) is 2.15. The van der Waals surface area contributed by atoms with Crippen molar-refractivity contribution in [2.45, 2.75) is 19.1 Å². The Labute approximate surface area is 136 Å². The average Bonchev–Trinajstić information content (AvgIpc) is 2.91. The summed E-state index contributed by atoms with van der Waals surface area (Å²) >= 11 is 0. The quantitative estimate of drug-likeness (QED) is 0.846. The van der Waals surface area contributed by atoms with Crippen molar-refractivity contribution in [1.29, 1.82) is 0 Å². The van der Waals surface area contributed by atoms with Gasteiger partial charge in [-0.2, -0.15) is 0 Å². The molecule has 0 aliphatic heterocycles. The number of hydrogen-bond acceptors (Lipinski definition) is 4. The fraction of sp³-hybridized carbons (Fsp3) is 0.250. The standard InChI is InChI=1S/C16H17NO5S/c1-3-13-12(16(19)20)8-14(22-13)15(18)17-11-6-4-5-10(7-11)9-23(2)21/h4-8H,3,9H2,1-2H3,(H,17,18)(H,19,20). The number of carboxylic acid groups (broad SMARTS) is 1. The Morgan fingerprint density at radius 1 is 1.30 bits per heavy atom. The number of aromatic carboxylic acids is 1. The van der Waals surface area contributed by atoms with Crippen LogP contribution in [0.25, 0.3) is 0 Å². The lowest BCUT2D eigenvalue weighted by Crippen LogP contribution is -2.11. The van der Waals surface area contributed by atoms with Crippen molar-refractivity contribution in [3.8, 4) is 0 Å². The molecule has 2 aromatic rings. The normalized spacial score (nSPS) is 11.9. The van der Waals surface area contributed by atoms with Crippen molar-refractivity contribution in [3.63, 3.8) is 0 Å². The SMILES string of the molecule is CCc1oc(C(=O)Nc2cccc(CS(C)=O)c2)cc1C(=O)O. The maximum absolute atomic E-state index is 12.2. The van der Waals surface area contributed by atoms with Crippen LogP contribution in [0.15, 0.2) is 34.7 Å². The maximum Gasteiger partial charge on any atom is 0.339 e. The van der Waals surface area contributed by atoms with E-state index >= 15 is 0 Å². The number of benzene rings is 1. The number of carbonyl (C=O) groups is 2. The molecule has 1 heterocycles. The molecule has 1 unspecified atom stereocenters. The summed E-state index contributed by atoms with van der Waals surface area (Å²) in [4.78, 5) is 23.3. The number of carboxylic acids is 1. The summed E-state index contributed by atoms with van der Waals surface area (Å²) in [6, 6.07) is 8.21. The molecule has 0 aliphatic carbocycles. The van der Waals surface area contributed by atoms with Crippen molar-refractivity contribution in [2.75, 3.05) is 11.6 Å². The van der Waals surface area contributed by atoms with Gasteiger partial charge in [-0.3, -0.25) is 9.00 Å². The summed E-state index contributed by atoms with van der Waals surface area (Å²) in [6.07, 6.45) is 1.99. The molecule has 1 amide bonds. The number of rotatable bonds is 6. The lowest BCUT2D eigenvalue weighted by atomic mass is 10.2. The van der Waals surface area contributed by atoms with Gasteiger partial charge in [0, 0.05) is 41.0 Å². The van der Waals surface area contributed by atoms with E-state index in [0.29, 0.717) is 17.9 Å². The van der Waals surface area contributed by atoms with E-state index in [2.05, 4.69) is 5.32 Å². The van der Waals surface area contributed by atoms with E-state index in [1.807, 2.05) is 6.07 Å². The zero-order valence-electron chi connectivity index (χ0n) is 12.8. The minimum Gasteiger partial charge on any atom is -0.478 e. The summed E-state index contributed by atoms with van der Waals surface area (Å²) in [5.74, 6) is -1.05. The zero-order chi connectivity index (χ0) is 17.0. The lowest BCUT2D eigenvalue weighted by molar-refractivity contribution is 0.0694. The number of aryl methyl sites for hydroxylation is 1. The number of nitrogens with one attached hydrogen (secondary N) is 1. The number of carbonyl (C=O) groups excluding carboxylic acids is 1. The monoisotopic (exact) mass is 335 g/mol. The van der Waals surface area contributed by atoms with Crippen LogP contribution in [0.2, 0.25) is 0 Å². The minimum absolute atomic E-state index is 0.00668. The molecule has 0 radical (unpaired) electrons. The lowest BCUT2D eigenvalue weighted by Gasteiger charge is -2.05. The Hall–Kier alpha value is -2.41. The van der Waals surface area contributed by atoms with Crippen LogP contribution >= 0.6 is 0 Å². The van der Waals surface area contributed by atoms with Gasteiger partial charge in [0.05, 0.1) is 0 Å². The molecule has 6 nitrogen and oxygen atoms in total. The largest absolute Gasteiger partial charge is 0.478 e. The number of anilines is 1. The van der Waals surface area contributed by atoms with Crippen molar-refractivity contribution in [2.24, 2.45) is 0 Å². The van der Waals surface area contributed by atoms with E-state index in [-0.39, 0.29) is 17.1 Å². The highest BCUT2D eigenvalue weighted by molar-refractivity contribution is 7.83. The molecule has 122 valence electrons. The molecule has 0 fully saturated rings. The highest BCUT2D eigenvalue weighted by atomic mass is 32.2. The van der Waals surface area contributed by atoms with E-state index in [4.69, 9.17) is 9.52 Å². The smallest absolute Gasteiger partial charge is 0.339 e. The van der Waals surface area contributed by atoms with Crippen LogP contribution in [0.5, 0.6) is 0 Å². The van der Waals surface area contributed by atoms with Crippen LogP contribution in [-0.2, 0) is 23.0 Å². The summed E-state index contributed by atoms with van der Waals surface area (Å²) in [6.45, 7) is 1.75. The topological polar surface area (TPSA) is 96.6 Å². The van der Waals surface area contributed by atoms with Gasteiger partial charge in [0.15, 0.2) is 5.76 Å². The molecular formula is C16H17NO5S. The summed E-state index contributed by atoms with van der Waals surface area (Å²) in [7, 11) is -0.976. The molecule has 2 rings (SSSR count). The van der Waals surface area contributed by atoms with Crippen LogP contribution < -0.4 is 5.32 Å². The van der Waals surface area contributed by atoms with Crippen molar-refractivity contribution >= 4 is 28.4 Å². The molecule has 23 heavy (non-hydrogen) atoms. The second kappa shape index (κ2) is 7.23. The molecule has 1 aromatic heterocycles. The first kappa shape index (κ1) is 17.0. The van der Waals surface area contributed by atoms with Gasteiger partial charge < -0.3 is 14.8 Å². The molecule has 0 spiro atoms. The van der Waals surface area contributed by atoms with Gasteiger partial charge in [-0.1, -0.05) is 19.1 Å². The van der Waals surface area contributed by atoms with E-state index in [1.165, 1.54) is 6.07 Å². The Morgan fingerprint density at radius 3 is 2.61 bits per heavy atom. The number of hydrogen-bond donors (Lipinski definition) is 2. The predicted octanol–water partition coefficient (Wildman–Crippen LogP) is 2.67. The minimum atomic E-state index is -1.13. The van der Waals surface area contributed by atoms with Gasteiger partial charge in [-0.05, 0) is 17.7 Å². The van der Waals surface area contributed by atoms with Gasteiger partial charge in [-0.25, -0.2) is 4.79 Å². The summed E-state index contributed by atoms with van der Waals surface area (Å²) in [5, 5.41) is 11.7. The molecular weight excluding hydrogens is 318 g/mol. The highest BCUT2D eigenvalue weighted by Gasteiger charge is 2.20.